The topological polar surface area (TPSA) is 24.9 Å². The molecule has 1 aromatic heterocycles. The lowest BCUT2D eigenvalue weighted by atomic mass is 9.75. The lowest BCUT2D eigenvalue weighted by Crippen LogP contribution is -2.34. The zero-order valence-corrected chi connectivity index (χ0v) is 12.5. The van der Waals surface area contributed by atoms with Crippen molar-refractivity contribution >= 4 is 5.69 Å². The third-order valence-electron chi connectivity index (χ3n) is 4.27. The van der Waals surface area contributed by atoms with Crippen LogP contribution in [0.5, 0.6) is 0 Å². The van der Waals surface area contributed by atoms with Gasteiger partial charge in [0.15, 0.2) is 0 Å². The molecule has 0 unspecified atom stereocenters. The molecule has 0 saturated heterocycles. The van der Waals surface area contributed by atoms with Crippen LogP contribution in [-0.2, 0) is 0 Å². The number of benzene rings is 1. The molecule has 2 heteroatoms. The molecular weight excluding hydrogens is 244 g/mol. The number of pyridine rings is 1. The third-order valence-corrected chi connectivity index (χ3v) is 4.27. The molecule has 0 aliphatic heterocycles. The molecule has 1 aromatic carbocycles. The molecule has 0 amide bonds. The molecule has 1 N–H and O–H groups in total. The van der Waals surface area contributed by atoms with Gasteiger partial charge in [-0.2, -0.15) is 0 Å². The Kier molecular flexibility index (Phi) is 3.47. The highest BCUT2D eigenvalue weighted by molar-refractivity contribution is 5.49. The Morgan fingerprint density at radius 1 is 0.950 bits per heavy atom. The lowest BCUT2D eigenvalue weighted by molar-refractivity contribution is 0.374. The maximum absolute atomic E-state index is 4.51. The first kappa shape index (κ1) is 13.2. The molecule has 0 radical (unpaired) electrons. The van der Waals surface area contributed by atoms with Gasteiger partial charge in [-0.3, -0.25) is 4.98 Å². The van der Waals surface area contributed by atoms with Gasteiger partial charge in [-0.15, -0.1) is 0 Å². The summed E-state index contributed by atoms with van der Waals surface area (Å²) in [6.45, 7) is 6.25. The molecule has 0 spiro atoms. The number of hydrogen-bond acceptors (Lipinski definition) is 2. The molecule has 2 nitrogen and oxygen atoms in total. The summed E-state index contributed by atoms with van der Waals surface area (Å²) < 4.78 is 0. The Balaban J connectivity index is 1.59. The van der Waals surface area contributed by atoms with Crippen molar-refractivity contribution < 1.29 is 0 Å². The molecule has 1 saturated carbocycles. The van der Waals surface area contributed by atoms with Crippen molar-refractivity contribution in [1.29, 1.82) is 0 Å². The molecule has 1 aliphatic carbocycles. The fraction of sp³-hybridized carbons (Fsp3) is 0.389. The van der Waals surface area contributed by atoms with Crippen LogP contribution in [-0.4, -0.2) is 11.0 Å². The van der Waals surface area contributed by atoms with E-state index in [-0.39, 0.29) is 0 Å². The minimum Gasteiger partial charge on any atom is -0.381 e. The zero-order chi connectivity index (χ0) is 14.1. The highest BCUT2D eigenvalue weighted by Crippen LogP contribution is 2.38. The quantitative estimate of drug-likeness (QED) is 0.892. The standard InChI is InChI=1S/C18H22N2/c1-12-4-7-15(8-5-12)16-10-17(11-16)20-18-9-6-13(2)19-14(18)3/h4-9,16-17,20H,10-11H2,1-3H3. The summed E-state index contributed by atoms with van der Waals surface area (Å²) in [5.74, 6) is 0.715. The highest BCUT2D eigenvalue weighted by atomic mass is 15.0. The van der Waals surface area contributed by atoms with Crippen molar-refractivity contribution in [2.45, 2.75) is 45.6 Å². The molecule has 1 heterocycles. The predicted octanol–water partition coefficient (Wildman–Crippen LogP) is 4.36. The lowest BCUT2D eigenvalue weighted by Gasteiger charge is -2.37. The molecule has 1 fully saturated rings. The van der Waals surface area contributed by atoms with Gasteiger partial charge >= 0.3 is 0 Å². The molecular formula is C18H22N2. The van der Waals surface area contributed by atoms with Crippen molar-refractivity contribution in [1.82, 2.24) is 4.98 Å². The Labute approximate surface area is 121 Å². The van der Waals surface area contributed by atoms with Crippen LogP contribution in [0.2, 0.25) is 0 Å². The van der Waals surface area contributed by atoms with Gasteiger partial charge in [-0.25, -0.2) is 0 Å². The van der Waals surface area contributed by atoms with E-state index in [4.69, 9.17) is 0 Å². The fourth-order valence-electron chi connectivity index (χ4n) is 2.91. The maximum Gasteiger partial charge on any atom is 0.0606 e. The van der Waals surface area contributed by atoms with Crippen molar-refractivity contribution in [3.63, 3.8) is 0 Å². The van der Waals surface area contributed by atoms with Crippen molar-refractivity contribution in [3.8, 4) is 0 Å². The predicted molar refractivity (Wildman–Crippen MR) is 84.3 cm³/mol. The molecule has 0 atom stereocenters. The number of aryl methyl sites for hydroxylation is 3. The number of rotatable bonds is 3. The number of nitrogens with zero attached hydrogens (tertiary/aromatic N) is 1. The number of hydrogen-bond donors (Lipinski definition) is 1. The monoisotopic (exact) mass is 266 g/mol. The van der Waals surface area contributed by atoms with Crippen LogP contribution < -0.4 is 5.32 Å². The van der Waals surface area contributed by atoms with Gasteiger partial charge in [0.25, 0.3) is 0 Å². The second-order valence-electron chi connectivity index (χ2n) is 6.01. The van der Waals surface area contributed by atoms with Crippen LogP contribution in [0.1, 0.15) is 41.3 Å². The summed E-state index contributed by atoms with van der Waals surface area (Å²) in [7, 11) is 0. The third kappa shape index (κ3) is 2.69. The molecule has 2 aromatic rings. The van der Waals surface area contributed by atoms with E-state index in [9.17, 15) is 0 Å². The van der Waals surface area contributed by atoms with Crippen LogP contribution in [0.3, 0.4) is 0 Å². The first-order valence-corrected chi connectivity index (χ1v) is 7.39. The van der Waals surface area contributed by atoms with E-state index in [1.807, 2.05) is 6.92 Å². The molecule has 104 valence electrons. The van der Waals surface area contributed by atoms with Gasteiger partial charge < -0.3 is 5.32 Å². The van der Waals surface area contributed by atoms with E-state index >= 15 is 0 Å². The average Bonchev–Trinajstić information content (AvgIpc) is 2.37. The molecule has 20 heavy (non-hydrogen) atoms. The average molecular weight is 266 g/mol. The minimum absolute atomic E-state index is 0.588. The van der Waals surface area contributed by atoms with Crippen molar-refractivity contribution in [2.24, 2.45) is 0 Å². The zero-order valence-electron chi connectivity index (χ0n) is 12.5. The van der Waals surface area contributed by atoms with E-state index in [1.165, 1.54) is 29.7 Å². The summed E-state index contributed by atoms with van der Waals surface area (Å²) in [4.78, 5) is 4.51. The molecule has 0 bridgehead atoms. The second-order valence-corrected chi connectivity index (χ2v) is 6.01. The minimum atomic E-state index is 0.588. The summed E-state index contributed by atoms with van der Waals surface area (Å²) in [6.07, 6.45) is 2.44. The van der Waals surface area contributed by atoms with Crippen LogP contribution in [0.25, 0.3) is 0 Å². The van der Waals surface area contributed by atoms with E-state index in [1.54, 1.807) is 0 Å². The number of anilines is 1. The molecule has 3 rings (SSSR count). The Bertz CT molecular complexity index is 595. The van der Waals surface area contributed by atoms with Gasteiger partial charge in [0.05, 0.1) is 11.4 Å². The Morgan fingerprint density at radius 2 is 1.65 bits per heavy atom. The summed E-state index contributed by atoms with van der Waals surface area (Å²) in [6, 6.07) is 13.8. The van der Waals surface area contributed by atoms with Crippen molar-refractivity contribution in [2.75, 3.05) is 5.32 Å². The summed E-state index contributed by atoms with van der Waals surface area (Å²) in [5.41, 5.74) is 6.18. The van der Waals surface area contributed by atoms with Crippen LogP contribution in [0.15, 0.2) is 36.4 Å². The summed E-state index contributed by atoms with van der Waals surface area (Å²) >= 11 is 0. The van der Waals surface area contributed by atoms with Crippen LogP contribution in [0, 0.1) is 20.8 Å². The van der Waals surface area contributed by atoms with E-state index < -0.39 is 0 Å². The first-order chi connectivity index (χ1) is 9.61. The van der Waals surface area contributed by atoms with Crippen LogP contribution in [0.4, 0.5) is 5.69 Å². The van der Waals surface area contributed by atoms with E-state index in [2.05, 4.69) is 60.5 Å². The van der Waals surface area contributed by atoms with Gasteiger partial charge in [0.1, 0.15) is 0 Å². The SMILES string of the molecule is Cc1ccc(C2CC(Nc3ccc(C)nc3C)C2)cc1. The Morgan fingerprint density at radius 3 is 2.30 bits per heavy atom. The van der Waals surface area contributed by atoms with Gasteiger partial charge in [0, 0.05) is 11.7 Å². The Hall–Kier alpha value is -1.83. The van der Waals surface area contributed by atoms with Crippen LogP contribution >= 0.6 is 0 Å². The largest absolute Gasteiger partial charge is 0.381 e. The maximum atomic E-state index is 4.51. The smallest absolute Gasteiger partial charge is 0.0606 e. The van der Waals surface area contributed by atoms with Gasteiger partial charge in [0.2, 0.25) is 0 Å². The van der Waals surface area contributed by atoms with Gasteiger partial charge in [-0.1, -0.05) is 29.8 Å². The first-order valence-electron chi connectivity index (χ1n) is 7.39. The number of nitrogens with one attached hydrogen (secondary N) is 1. The highest BCUT2D eigenvalue weighted by Gasteiger charge is 2.30. The fourth-order valence-corrected chi connectivity index (χ4v) is 2.91. The van der Waals surface area contributed by atoms with Crippen molar-refractivity contribution in [3.05, 3.63) is 58.9 Å². The van der Waals surface area contributed by atoms with E-state index in [0.717, 1.165) is 11.4 Å². The number of aromatic nitrogens is 1. The van der Waals surface area contributed by atoms with E-state index in [0.29, 0.717) is 12.0 Å². The molecule has 1 aliphatic rings. The summed E-state index contributed by atoms with van der Waals surface area (Å²) in [5, 5.41) is 3.62. The van der Waals surface area contributed by atoms with Gasteiger partial charge in [-0.05, 0) is 57.2 Å². The second kappa shape index (κ2) is 5.28. The normalized spacial score (nSPS) is 21.4.